The smallest absolute Gasteiger partial charge is 0.314 e. The minimum absolute atomic E-state index is 0.0549. The predicted octanol–water partition coefficient (Wildman–Crippen LogP) is 2.19. The highest BCUT2D eigenvalue weighted by Gasteiger charge is 2.19. The summed E-state index contributed by atoms with van der Waals surface area (Å²) >= 11 is 0. The van der Waals surface area contributed by atoms with E-state index in [0.29, 0.717) is 5.69 Å². The number of nitrogen functional groups attached to an aromatic ring is 1. The number of cyclic esters (lactones) is 2. The number of anilines is 2. The third kappa shape index (κ3) is 10.5. The zero-order valence-electron chi connectivity index (χ0n) is 19.0. The van der Waals surface area contributed by atoms with Gasteiger partial charge in [-0.1, -0.05) is 0 Å². The zero-order valence-corrected chi connectivity index (χ0v) is 19.0. The molecule has 0 spiro atoms. The molecule has 0 unspecified atom stereocenters. The molecule has 1 aliphatic rings. The largest absolute Gasteiger partial charge is 0.481 e. The van der Waals surface area contributed by atoms with E-state index in [1.54, 1.807) is 0 Å². The molecule has 11 nitrogen and oxygen atoms in total. The molecule has 0 bridgehead atoms. The van der Waals surface area contributed by atoms with Crippen LogP contribution in [0.1, 0.15) is 53.3 Å². The van der Waals surface area contributed by atoms with Gasteiger partial charge in [-0.2, -0.15) is 0 Å². The Morgan fingerprint density at radius 2 is 1.47 bits per heavy atom. The first-order chi connectivity index (χ1) is 16.8. The molecule has 2 aromatic carbocycles. The number of amides is 2. The van der Waals surface area contributed by atoms with Crippen LogP contribution in [0.4, 0.5) is 20.2 Å². The molecule has 13 heteroatoms. The Morgan fingerprint density at radius 3 is 1.89 bits per heavy atom. The van der Waals surface area contributed by atoms with Gasteiger partial charge in [-0.3, -0.25) is 28.8 Å². The van der Waals surface area contributed by atoms with Gasteiger partial charge in [0.1, 0.15) is 11.6 Å². The molecule has 0 aliphatic carbocycles. The molecule has 2 amide bonds. The Kier molecular flexibility index (Phi) is 11.3. The van der Waals surface area contributed by atoms with Crippen molar-refractivity contribution < 1.29 is 47.4 Å². The molecule has 0 aromatic heterocycles. The van der Waals surface area contributed by atoms with Crippen LogP contribution >= 0.6 is 0 Å². The number of carbonyl (C=O) groups is 6. The number of hydrogen-bond donors (Lipinski definition) is 4. The number of primary amides is 1. The SMILES string of the molecule is CC(=O)c1cc(F)ccc1N.NC(=O)c1cc(F)ccc1NC(=O)CCC(=O)O.O=C1CCC(=O)O1. The fraction of sp³-hybridized carbons (Fsp3) is 0.217. The van der Waals surface area contributed by atoms with E-state index < -0.39 is 41.4 Å². The van der Waals surface area contributed by atoms with Crippen LogP contribution in [0.2, 0.25) is 0 Å². The average molecular weight is 507 g/mol. The molecule has 1 fully saturated rings. The number of carbonyl (C=O) groups excluding carboxylic acids is 5. The summed E-state index contributed by atoms with van der Waals surface area (Å²) in [6, 6.07) is 6.88. The van der Waals surface area contributed by atoms with Crippen LogP contribution in [0.15, 0.2) is 36.4 Å². The maximum Gasteiger partial charge on any atom is 0.314 e. The quantitative estimate of drug-likeness (QED) is 0.196. The lowest BCUT2D eigenvalue weighted by atomic mass is 10.1. The highest BCUT2D eigenvalue weighted by Crippen LogP contribution is 2.17. The molecule has 1 heterocycles. The number of carboxylic acid groups (broad SMARTS) is 1. The minimum atomic E-state index is -1.11. The number of nitrogens with two attached hydrogens (primary N) is 2. The molecule has 1 aliphatic heterocycles. The number of nitrogens with one attached hydrogen (secondary N) is 1. The van der Waals surface area contributed by atoms with Crippen molar-refractivity contribution in [3.8, 4) is 0 Å². The summed E-state index contributed by atoms with van der Waals surface area (Å²) in [5.74, 6) is -4.71. The molecule has 0 atom stereocenters. The fourth-order valence-corrected chi connectivity index (χ4v) is 2.53. The van der Waals surface area contributed by atoms with E-state index in [1.807, 2.05) is 0 Å². The van der Waals surface area contributed by atoms with Gasteiger partial charge in [-0.25, -0.2) is 8.78 Å². The Morgan fingerprint density at radius 1 is 0.944 bits per heavy atom. The van der Waals surface area contributed by atoms with E-state index in [-0.39, 0.29) is 48.3 Å². The van der Waals surface area contributed by atoms with Gasteiger partial charge in [-0.05, 0) is 43.3 Å². The van der Waals surface area contributed by atoms with Crippen molar-refractivity contribution >= 4 is 46.9 Å². The van der Waals surface area contributed by atoms with Gasteiger partial charge in [0.25, 0.3) is 5.91 Å². The summed E-state index contributed by atoms with van der Waals surface area (Å²) in [6.45, 7) is 1.35. The normalized spacial score (nSPS) is 11.8. The molecule has 2 aromatic rings. The molecular weight excluding hydrogens is 484 g/mol. The molecule has 1 saturated heterocycles. The second kappa shape index (κ2) is 13.9. The van der Waals surface area contributed by atoms with Gasteiger partial charge in [0.15, 0.2) is 5.78 Å². The van der Waals surface area contributed by atoms with Gasteiger partial charge in [-0.15, -0.1) is 0 Å². The van der Waals surface area contributed by atoms with Crippen molar-refractivity contribution in [3.05, 3.63) is 59.2 Å². The minimum Gasteiger partial charge on any atom is -0.481 e. The number of benzene rings is 2. The monoisotopic (exact) mass is 507 g/mol. The standard InChI is InChI=1S/C11H11FN2O4.C8H8FNO.C4H4O3/c12-6-1-2-8(7(5-6)11(13)18)14-9(15)3-4-10(16)17;1-5(11)7-4-6(9)2-3-8(7)10;5-3-1-2-4(6)7-3/h1-2,5H,3-4H2,(H2,13,18)(H,14,15)(H,16,17);2-4H,10H2,1H3;1-2H2. The summed E-state index contributed by atoms with van der Waals surface area (Å²) in [5.41, 5.74) is 10.9. The summed E-state index contributed by atoms with van der Waals surface area (Å²) in [4.78, 5) is 63.5. The molecule has 36 heavy (non-hydrogen) atoms. The first-order valence-corrected chi connectivity index (χ1v) is 10.2. The maximum atomic E-state index is 12.9. The number of esters is 2. The highest BCUT2D eigenvalue weighted by molar-refractivity contribution is 6.03. The Labute approximate surface area is 203 Å². The zero-order chi connectivity index (χ0) is 27.4. The van der Waals surface area contributed by atoms with Crippen molar-refractivity contribution in [2.24, 2.45) is 5.73 Å². The number of aliphatic carboxylic acids is 1. The maximum absolute atomic E-state index is 12.9. The topological polar surface area (TPSA) is 196 Å². The average Bonchev–Trinajstić information content (AvgIpc) is 3.18. The van der Waals surface area contributed by atoms with Crippen molar-refractivity contribution in [1.29, 1.82) is 0 Å². The Bertz CT molecular complexity index is 1170. The second-order valence-corrected chi connectivity index (χ2v) is 7.13. The van der Waals surface area contributed by atoms with Gasteiger partial charge < -0.3 is 26.6 Å². The van der Waals surface area contributed by atoms with Gasteiger partial charge >= 0.3 is 17.9 Å². The summed E-state index contributed by atoms with van der Waals surface area (Å²) in [6.07, 6.45) is -0.0541. The first kappa shape index (κ1) is 29.4. The lowest BCUT2D eigenvalue weighted by Gasteiger charge is -2.08. The van der Waals surface area contributed by atoms with E-state index >= 15 is 0 Å². The Balaban J connectivity index is 0.000000303. The molecule has 0 saturated carbocycles. The predicted molar refractivity (Wildman–Crippen MR) is 122 cm³/mol. The van der Waals surface area contributed by atoms with E-state index in [9.17, 15) is 37.5 Å². The molecule has 3 rings (SSSR count). The van der Waals surface area contributed by atoms with E-state index in [2.05, 4.69) is 10.1 Å². The molecule has 6 N–H and O–H groups in total. The van der Waals surface area contributed by atoms with Gasteiger partial charge in [0, 0.05) is 17.7 Å². The van der Waals surface area contributed by atoms with E-state index in [0.717, 1.165) is 18.2 Å². The van der Waals surface area contributed by atoms with Crippen molar-refractivity contribution in [3.63, 3.8) is 0 Å². The van der Waals surface area contributed by atoms with Gasteiger partial charge in [0.05, 0.1) is 30.5 Å². The first-order valence-electron chi connectivity index (χ1n) is 10.2. The van der Waals surface area contributed by atoms with E-state index in [4.69, 9.17) is 16.6 Å². The van der Waals surface area contributed by atoms with E-state index in [1.165, 1.54) is 25.1 Å². The number of rotatable bonds is 6. The highest BCUT2D eigenvalue weighted by atomic mass is 19.1. The summed E-state index contributed by atoms with van der Waals surface area (Å²) in [7, 11) is 0. The number of Topliss-reactive ketones (excluding diaryl/α,β-unsaturated/α-hetero) is 1. The van der Waals surface area contributed by atoms with Crippen molar-refractivity contribution in [2.45, 2.75) is 32.6 Å². The van der Waals surface area contributed by atoms with Crippen molar-refractivity contribution in [1.82, 2.24) is 0 Å². The summed E-state index contributed by atoms with van der Waals surface area (Å²) in [5, 5.41) is 10.7. The third-order valence-corrected chi connectivity index (χ3v) is 4.24. The van der Waals surface area contributed by atoms with Crippen LogP contribution in [0, 0.1) is 11.6 Å². The molecule has 192 valence electrons. The second-order valence-electron chi connectivity index (χ2n) is 7.13. The van der Waals surface area contributed by atoms with Crippen LogP contribution in [0.3, 0.4) is 0 Å². The number of ketones is 1. The molecule has 0 radical (unpaired) electrons. The van der Waals surface area contributed by atoms with Crippen molar-refractivity contribution in [2.75, 3.05) is 11.1 Å². The van der Waals surface area contributed by atoms with Gasteiger partial charge in [0.2, 0.25) is 5.91 Å². The fourth-order valence-electron chi connectivity index (χ4n) is 2.53. The van der Waals surface area contributed by atoms with Crippen LogP contribution in [-0.4, -0.2) is 40.6 Å². The lowest BCUT2D eigenvalue weighted by molar-refractivity contribution is -0.152. The van der Waals surface area contributed by atoms with Crippen LogP contribution in [-0.2, 0) is 23.9 Å². The number of ether oxygens (including phenoxy) is 1. The number of halogens is 2. The Hall–Kier alpha value is -4.68. The lowest BCUT2D eigenvalue weighted by Crippen LogP contribution is -2.19. The van der Waals surface area contributed by atoms with Crippen LogP contribution in [0.25, 0.3) is 0 Å². The van der Waals surface area contributed by atoms with Crippen LogP contribution < -0.4 is 16.8 Å². The summed E-state index contributed by atoms with van der Waals surface area (Å²) < 4.78 is 29.5. The number of carboxylic acids is 1. The molecular formula is C23H23F2N3O8. The third-order valence-electron chi connectivity index (χ3n) is 4.24. The number of hydrogen-bond acceptors (Lipinski definition) is 8. The van der Waals surface area contributed by atoms with Crippen LogP contribution in [0.5, 0.6) is 0 Å².